The molecule has 1 heterocycles. The number of carbonyl (C=O) groups excluding carboxylic acids is 1. The SMILES string of the molecule is N#Cc1ccc(NC(=O)c2cnccc2C#N)cc1. The Balaban J connectivity index is 2.21. The predicted octanol–water partition coefficient (Wildman–Crippen LogP) is 2.08. The number of amides is 1. The molecule has 1 amide bonds. The summed E-state index contributed by atoms with van der Waals surface area (Å²) in [6.45, 7) is 0. The molecule has 1 N–H and O–H groups in total. The molecule has 0 aliphatic carbocycles. The Bertz CT molecular complexity index is 693. The summed E-state index contributed by atoms with van der Waals surface area (Å²) in [4.78, 5) is 15.8. The van der Waals surface area contributed by atoms with Gasteiger partial charge in [0.2, 0.25) is 0 Å². The Morgan fingerprint density at radius 3 is 2.47 bits per heavy atom. The van der Waals surface area contributed by atoms with Crippen LogP contribution in [0.15, 0.2) is 42.7 Å². The van der Waals surface area contributed by atoms with Crippen LogP contribution in [0.25, 0.3) is 0 Å². The van der Waals surface area contributed by atoms with Gasteiger partial charge in [0.15, 0.2) is 0 Å². The molecule has 0 atom stereocenters. The van der Waals surface area contributed by atoms with Gasteiger partial charge in [-0.2, -0.15) is 10.5 Å². The molecule has 0 aliphatic rings. The number of rotatable bonds is 2. The summed E-state index contributed by atoms with van der Waals surface area (Å²) in [5, 5.41) is 20.2. The number of benzene rings is 1. The van der Waals surface area contributed by atoms with Crippen molar-refractivity contribution in [1.82, 2.24) is 4.98 Å². The van der Waals surface area contributed by atoms with Gasteiger partial charge in [0, 0.05) is 18.1 Å². The number of carbonyl (C=O) groups is 1. The lowest BCUT2D eigenvalue weighted by Gasteiger charge is -2.05. The average Bonchev–Trinajstić information content (AvgIpc) is 2.48. The highest BCUT2D eigenvalue weighted by Crippen LogP contribution is 2.12. The van der Waals surface area contributed by atoms with Gasteiger partial charge >= 0.3 is 0 Å². The van der Waals surface area contributed by atoms with Gasteiger partial charge in [0.25, 0.3) is 5.91 Å². The van der Waals surface area contributed by atoms with Crippen molar-refractivity contribution in [3.05, 3.63) is 59.4 Å². The van der Waals surface area contributed by atoms with Crippen LogP contribution in [0.1, 0.15) is 21.5 Å². The summed E-state index contributed by atoms with van der Waals surface area (Å²) in [5.41, 5.74) is 1.55. The van der Waals surface area contributed by atoms with E-state index in [9.17, 15) is 4.79 Å². The van der Waals surface area contributed by atoms with Gasteiger partial charge in [-0.25, -0.2) is 0 Å². The van der Waals surface area contributed by atoms with Crippen molar-refractivity contribution >= 4 is 11.6 Å². The Morgan fingerprint density at radius 1 is 1.11 bits per heavy atom. The molecule has 0 saturated carbocycles. The number of nitrogens with zero attached hydrogens (tertiary/aromatic N) is 3. The van der Waals surface area contributed by atoms with Gasteiger partial charge < -0.3 is 5.32 Å². The summed E-state index contributed by atoms with van der Waals surface area (Å²) in [6.07, 6.45) is 2.80. The Kier molecular flexibility index (Phi) is 3.51. The molecule has 90 valence electrons. The molecule has 19 heavy (non-hydrogen) atoms. The number of anilines is 1. The van der Waals surface area contributed by atoms with Crippen molar-refractivity contribution in [3.63, 3.8) is 0 Å². The van der Waals surface area contributed by atoms with Crippen LogP contribution >= 0.6 is 0 Å². The third kappa shape index (κ3) is 2.74. The zero-order valence-corrected chi connectivity index (χ0v) is 9.79. The highest BCUT2D eigenvalue weighted by Gasteiger charge is 2.11. The maximum Gasteiger partial charge on any atom is 0.258 e. The van der Waals surface area contributed by atoms with Crippen molar-refractivity contribution in [1.29, 1.82) is 10.5 Å². The average molecular weight is 248 g/mol. The smallest absolute Gasteiger partial charge is 0.258 e. The van der Waals surface area contributed by atoms with E-state index < -0.39 is 5.91 Å². The van der Waals surface area contributed by atoms with Crippen LogP contribution in [0.5, 0.6) is 0 Å². The summed E-state index contributed by atoms with van der Waals surface area (Å²) >= 11 is 0. The zero-order valence-electron chi connectivity index (χ0n) is 9.79. The first-order valence-corrected chi connectivity index (χ1v) is 5.40. The fourth-order valence-electron chi connectivity index (χ4n) is 1.50. The van der Waals surface area contributed by atoms with Crippen molar-refractivity contribution in [2.75, 3.05) is 5.32 Å². The molecule has 0 spiro atoms. The summed E-state index contributed by atoms with van der Waals surface area (Å²) < 4.78 is 0. The Labute approximate surface area is 109 Å². The van der Waals surface area contributed by atoms with E-state index in [1.54, 1.807) is 24.3 Å². The number of pyridine rings is 1. The van der Waals surface area contributed by atoms with Crippen molar-refractivity contribution in [2.45, 2.75) is 0 Å². The van der Waals surface area contributed by atoms with E-state index in [1.807, 2.05) is 12.1 Å². The summed E-state index contributed by atoms with van der Waals surface area (Å²) in [7, 11) is 0. The minimum atomic E-state index is -0.408. The van der Waals surface area contributed by atoms with Gasteiger partial charge in [0.05, 0.1) is 22.8 Å². The molecule has 0 aliphatic heterocycles. The molecule has 0 unspecified atom stereocenters. The lowest BCUT2D eigenvalue weighted by Crippen LogP contribution is -2.13. The number of hydrogen-bond acceptors (Lipinski definition) is 4. The second kappa shape index (κ2) is 5.44. The van der Waals surface area contributed by atoms with E-state index in [0.29, 0.717) is 11.3 Å². The Hall–Kier alpha value is -3.18. The first-order chi connectivity index (χ1) is 9.24. The maximum atomic E-state index is 12.0. The molecule has 0 radical (unpaired) electrons. The second-order valence-electron chi connectivity index (χ2n) is 3.68. The van der Waals surface area contributed by atoms with E-state index in [4.69, 9.17) is 10.5 Å². The van der Waals surface area contributed by atoms with Crippen LogP contribution in [-0.2, 0) is 0 Å². The van der Waals surface area contributed by atoms with E-state index in [1.165, 1.54) is 18.5 Å². The normalized spacial score (nSPS) is 9.16. The van der Waals surface area contributed by atoms with Gasteiger partial charge in [-0.3, -0.25) is 9.78 Å². The minimum absolute atomic E-state index is 0.217. The third-order valence-electron chi connectivity index (χ3n) is 2.46. The van der Waals surface area contributed by atoms with Crippen LogP contribution in [0, 0.1) is 22.7 Å². The van der Waals surface area contributed by atoms with Crippen LogP contribution in [0.3, 0.4) is 0 Å². The molecule has 0 fully saturated rings. The van der Waals surface area contributed by atoms with Gasteiger partial charge in [-0.15, -0.1) is 0 Å². The molecule has 2 aromatic rings. The fraction of sp³-hybridized carbons (Fsp3) is 0. The zero-order chi connectivity index (χ0) is 13.7. The summed E-state index contributed by atoms with van der Waals surface area (Å²) in [6, 6.07) is 11.9. The summed E-state index contributed by atoms with van der Waals surface area (Å²) in [5.74, 6) is -0.408. The first-order valence-electron chi connectivity index (χ1n) is 5.40. The first kappa shape index (κ1) is 12.3. The lowest BCUT2D eigenvalue weighted by molar-refractivity contribution is 0.102. The van der Waals surface area contributed by atoms with Crippen molar-refractivity contribution in [3.8, 4) is 12.1 Å². The largest absolute Gasteiger partial charge is 0.322 e. The predicted molar refractivity (Wildman–Crippen MR) is 68.1 cm³/mol. The third-order valence-corrected chi connectivity index (χ3v) is 2.46. The number of nitriles is 2. The van der Waals surface area contributed by atoms with Crippen LogP contribution in [0.2, 0.25) is 0 Å². The fourth-order valence-corrected chi connectivity index (χ4v) is 1.50. The highest BCUT2D eigenvalue weighted by atomic mass is 16.1. The maximum absolute atomic E-state index is 12.0. The van der Waals surface area contributed by atoms with Crippen molar-refractivity contribution < 1.29 is 4.79 Å². The van der Waals surface area contributed by atoms with E-state index in [-0.39, 0.29) is 11.1 Å². The van der Waals surface area contributed by atoms with Gasteiger partial charge in [0.1, 0.15) is 6.07 Å². The number of aromatic nitrogens is 1. The van der Waals surface area contributed by atoms with Gasteiger partial charge in [-0.1, -0.05) is 0 Å². The van der Waals surface area contributed by atoms with Crippen LogP contribution < -0.4 is 5.32 Å². The minimum Gasteiger partial charge on any atom is -0.322 e. The van der Waals surface area contributed by atoms with E-state index >= 15 is 0 Å². The molecule has 5 heteroatoms. The number of hydrogen-bond donors (Lipinski definition) is 1. The molecule has 1 aromatic heterocycles. The van der Waals surface area contributed by atoms with Crippen LogP contribution in [0.4, 0.5) is 5.69 Å². The monoisotopic (exact) mass is 248 g/mol. The van der Waals surface area contributed by atoms with E-state index in [2.05, 4.69) is 10.3 Å². The van der Waals surface area contributed by atoms with E-state index in [0.717, 1.165) is 0 Å². The number of nitrogens with one attached hydrogen (secondary N) is 1. The molecular formula is C14H8N4O. The van der Waals surface area contributed by atoms with Gasteiger partial charge in [-0.05, 0) is 30.3 Å². The molecule has 0 bridgehead atoms. The molecule has 2 rings (SSSR count). The quantitative estimate of drug-likeness (QED) is 0.880. The molecule has 5 nitrogen and oxygen atoms in total. The highest BCUT2D eigenvalue weighted by molar-refractivity contribution is 6.05. The topological polar surface area (TPSA) is 89.6 Å². The Morgan fingerprint density at radius 2 is 1.84 bits per heavy atom. The second-order valence-corrected chi connectivity index (χ2v) is 3.68. The standard InChI is InChI=1S/C14H8N4O/c15-7-10-1-3-12(4-2-10)18-14(19)13-9-17-6-5-11(13)8-16/h1-6,9H,(H,18,19). The lowest BCUT2D eigenvalue weighted by atomic mass is 10.1. The van der Waals surface area contributed by atoms with Crippen LogP contribution in [-0.4, -0.2) is 10.9 Å². The molecule has 1 aromatic carbocycles. The molecular weight excluding hydrogens is 240 g/mol. The molecule has 0 saturated heterocycles. The van der Waals surface area contributed by atoms with Crippen molar-refractivity contribution in [2.24, 2.45) is 0 Å².